The van der Waals surface area contributed by atoms with Gasteiger partial charge in [0.2, 0.25) is 0 Å². The standard InChI is InChI=1S/C24H21FN2O5S/c1-30-19-11-7-17(8-12-19)22-15-20(32-26-22)16-27(23-5-3-4-6-24(23)31-2)33(28,29)21-13-9-18(25)10-14-21/h3-15H,16H2,1-2H3. The van der Waals surface area contributed by atoms with Crippen LogP contribution in [0.4, 0.5) is 10.1 Å². The molecular formula is C24H21FN2O5S. The van der Waals surface area contributed by atoms with Crippen molar-refractivity contribution in [2.45, 2.75) is 11.4 Å². The highest BCUT2D eigenvalue weighted by Gasteiger charge is 2.29. The van der Waals surface area contributed by atoms with Gasteiger partial charge in [0.1, 0.15) is 23.0 Å². The van der Waals surface area contributed by atoms with Gasteiger partial charge >= 0.3 is 0 Å². The van der Waals surface area contributed by atoms with E-state index in [2.05, 4.69) is 5.16 Å². The van der Waals surface area contributed by atoms with Gasteiger partial charge in [-0.15, -0.1) is 0 Å². The number of hydrogen-bond acceptors (Lipinski definition) is 6. The van der Waals surface area contributed by atoms with E-state index < -0.39 is 15.8 Å². The van der Waals surface area contributed by atoms with E-state index in [0.717, 1.165) is 22.0 Å². The van der Waals surface area contributed by atoms with Gasteiger partial charge in [0.25, 0.3) is 10.0 Å². The van der Waals surface area contributed by atoms with E-state index in [9.17, 15) is 12.8 Å². The maximum atomic E-state index is 13.5. The van der Waals surface area contributed by atoms with Crippen LogP contribution in [-0.4, -0.2) is 27.8 Å². The second kappa shape index (κ2) is 9.33. The van der Waals surface area contributed by atoms with E-state index in [4.69, 9.17) is 14.0 Å². The number of aromatic nitrogens is 1. The smallest absolute Gasteiger partial charge is 0.264 e. The van der Waals surface area contributed by atoms with Crippen molar-refractivity contribution in [1.82, 2.24) is 5.16 Å². The van der Waals surface area contributed by atoms with Crippen molar-refractivity contribution in [2.75, 3.05) is 18.5 Å². The van der Waals surface area contributed by atoms with Crippen LogP contribution in [0, 0.1) is 5.82 Å². The summed E-state index contributed by atoms with van der Waals surface area (Å²) in [5, 5.41) is 4.08. The molecule has 0 N–H and O–H groups in total. The van der Waals surface area contributed by atoms with Crippen LogP contribution >= 0.6 is 0 Å². The molecule has 170 valence electrons. The van der Waals surface area contributed by atoms with E-state index in [0.29, 0.717) is 28.6 Å². The third-order valence-corrected chi connectivity index (χ3v) is 6.77. The number of sulfonamides is 1. The van der Waals surface area contributed by atoms with E-state index >= 15 is 0 Å². The molecule has 0 spiro atoms. The number of anilines is 1. The molecule has 9 heteroatoms. The summed E-state index contributed by atoms with van der Waals surface area (Å²) in [5.41, 5.74) is 1.65. The Kier molecular flexibility index (Phi) is 6.32. The summed E-state index contributed by atoms with van der Waals surface area (Å²) in [6.45, 7) is -0.150. The molecule has 0 saturated heterocycles. The molecule has 0 aliphatic heterocycles. The van der Waals surface area contributed by atoms with Crippen LogP contribution in [0.5, 0.6) is 11.5 Å². The lowest BCUT2D eigenvalue weighted by atomic mass is 10.1. The molecule has 33 heavy (non-hydrogen) atoms. The van der Waals surface area contributed by atoms with Gasteiger partial charge in [0, 0.05) is 11.6 Å². The summed E-state index contributed by atoms with van der Waals surface area (Å²) >= 11 is 0. The van der Waals surface area contributed by atoms with Gasteiger partial charge in [-0.3, -0.25) is 4.31 Å². The molecule has 0 radical (unpaired) electrons. The summed E-state index contributed by atoms with van der Waals surface area (Å²) in [6, 6.07) is 20.3. The van der Waals surface area contributed by atoms with Gasteiger partial charge < -0.3 is 14.0 Å². The highest BCUT2D eigenvalue weighted by atomic mass is 32.2. The minimum atomic E-state index is -4.08. The number of benzene rings is 3. The monoisotopic (exact) mass is 468 g/mol. The minimum absolute atomic E-state index is 0.0651. The van der Waals surface area contributed by atoms with Crippen molar-refractivity contribution in [3.05, 3.63) is 90.4 Å². The van der Waals surface area contributed by atoms with E-state index in [1.165, 1.54) is 19.2 Å². The van der Waals surface area contributed by atoms with E-state index in [-0.39, 0.29) is 11.4 Å². The highest BCUT2D eigenvalue weighted by Crippen LogP contribution is 2.34. The van der Waals surface area contributed by atoms with Crippen molar-refractivity contribution >= 4 is 15.7 Å². The maximum absolute atomic E-state index is 13.5. The number of halogens is 1. The molecule has 0 aliphatic rings. The zero-order valence-electron chi connectivity index (χ0n) is 17.9. The van der Waals surface area contributed by atoms with Crippen LogP contribution in [0.1, 0.15) is 5.76 Å². The molecular weight excluding hydrogens is 447 g/mol. The predicted molar refractivity (Wildman–Crippen MR) is 121 cm³/mol. The first-order chi connectivity index (χ1) is 15.9. The lowest BCUT2D eigenvalue weighted by molar-refractivity contribution is 0.385. The van der Waals surface area contributed by atoms with Crippen molar-refractivity contribution < 1.29 is 26.8 Å². The third kappa shape index (κ3) is 4.68. The van der Waals surface area contributed by atoms with Crippen molar-refractivity contribution in [2.24, 2.45) is 0 Å². The number of rotatable bonds is 8. The SMILES string of the molecule is COc1ccc(-c2cc(CN(c3ccccc3OC)S(=O)(=O)c3ccc(F)cc3)on2)cc1. The molecule has 1 aromatic heterocycles. The summed E-state index contributed by atoms with van der Waals surface area (Å²) < 4.78 is 57.7. The first-order valence-electron chi connectivity index (χ1n) is 9.93. The van der Waals surface area contributed by atoms with Gasteiger partial charge in [-0.2, -0.15) is 0 Å². The zero-order chi connectivity index (χ0) is 23.4. The molecule has 7 nitrogen and oxygen atoms in total. The number of methoxy groups -OCH3 is 2. The quantitative estimate of drug-likeness (QED) is 0.366. The summed E-state index contributed by atoms with van der Waals surface area (Å²) in [4.78, 5) is -0.0651. The van der Waals surface area contributed by atoms with E-state index in [1.807, 2.05) is 12.1 Å². The van der Waals surface area contributed by atoms with Crippen LogP contribution in [-0.2, 0) is 16.6 Å². The molecule has 0 atom stereocenters. The van der Waals surface area contributed by atoms with Crippen LogP contribution in [0.3, 0.4) is 0 Å². The second-order valence-electron chi connectivity index (χ2n) is 7.04. The zero-order valence-corrected chi connectivity index (χ0v) is 18.8. The van der Waals surface area contributed by atoms with Gasteiger partial charge in [-0.25, -0.2) is 12.8 Å². The summed E-state index contributed by atoms with van der Waals surface area (Å²) in [5.74, 6) is 0.850. The molecule has 4 aromatic rings. The van der Waals surface area contributed by atoms with Gasteiger partial charge in [0.05, 0.1) is 31.3 Å². The molecule has 3 aromatic carbocycles. The normalized spacial score (nSPS) is 11.2. The number of para-hydroxylation sites is 2. The molecule has 0 fully saturated rings. The Labute approximate surface area is 191 Å². The van der Waals surface area contributed by atoms with Crippen LogP contribution in [0.25, 0.3) is 11.3 Å². The molecule has 0 amide bonds. The largest absolute Gasteiger partial charge is 0.497 e. The van der Waals surface area contributed by atoms with E-state index in [1.54, 1.807) is 49.6 Å². The Morgan fingerprint density at radius 2 is 1.64 bits per heavy atom. The highest BCUT2D eigenvalue weighted by molar-refractivity contribution is 7.92. The average molecular weight is 469 g/mol. The Morgan fingerprint density at radius 1 is 0.939 bits per heavy atom. The first kappa shape index (κ1) is 22.3. The summed E-state index contributed by atoms with van der Waals surface area (Å²) in [7, 11) is -1.05. The van der Waals surface area contributed by atoms with Crippen LogP contribution < -0.4 is 13.8 Å². The Balaban J connectivity index is 1.73. The minimum Gasteiger partial charge on any atom is -0.497 e. The predicted octanol–water partition coefficient (Wildman–Crippen LogP) is 4.89. The van der Waals surface area contributed by atoms with Crippen LogP contribution in [0.15, 0.2) is 88.3 Å². The lowest BCUT2D eigenvalue weighted by Crippen LogP contribution is -2.30. The molecule has 0 bridgehead atoms. The average Bonchev–Trinajstić information content (AvgIpc) is 3.31. The van der Waals surface area contributed by atoms with Crippen molar-refractivity contribution in [3.8, 4) is 22.8 Å². The van der Waals surface area contributed by atoms with Crippen LogP contribution in [0.2, 0.25) is 0 Å². The fraction of sp³-hybridized carbons (Fsp3) is 0.125. The molecule has 0 aliphatic carbocycles. The molecule has 4 rings (SSSR count). The summed E-state index contributed by atoms with van der Waals surface area (Å²) in [6.07, 6.45) is 0. The lowest BCUT2D eigenvalue weighted by Gasteiger charge is -2.25. The second-order valence-corrected chi connectivity index (χ2v) is 8.91. The van der Waals surface area contributed by atoms with Gasteiger partial charge in [-0.05, 0) is 60.7 Å². The van der Waals surface area contributed by atoms with Gasteiger partial charge in [-0.1, -0.05) is 17.3 Å². The molecule has 0 unspecified atom stereocenters. The van der Waals surface area contributed by atoms with Gasteiger partial charge in [0.15, 0.2) is 5.76 Å². The Bertz CT molecular complexity index is 1340. The Hall–Kier alpha value is -3.85. The fourth-order valence-corrected chi connectivity index (χ4v) is 4.74. The Morgan fingerprint density at radius 3 is 2.30 bits per heavy atom. The molecule has 0 saturated carbocycles. The molecule has 1 heterocycles. The third-order valence-electron chi connectivity index (χ3n) is 5.00. The topological polar surface area (TPSA) is 81.9 Å². The number of ether oxygens (including phenoxy) is 2. The van der Waals surface area contributed by atoms with Crippen molar-refractivity contribution in [3.63, 3.8) is 0 Å². The van der Waals surface area contributed by atoms with Crippen molar-refractivity contribution in [1.29, 1.82) is 0 Å². The maximum Gasteiger partial charge on any atom is 0.264 e. The number of hydrogen-bond donors (Lipinski definition) is 0. The first-order valence-corrected chi connectivity index (χ1v) is 11.4. The fourth-order valence-electron chi connectivity index (χ4n) is 3.30. The number of nitrogens with zero attached hydrogens (tertiary/aromatic N) is 2.